The van der Waals surface area contributed by atoms with Crippen LogP contribution in [-0.2, 0) is 0 Å². The number of anilines is 1. The highest BCUT2D eigenvalue weighted by molar-refractivity contribution is 6.30. The van der Waals surface area contributed by atoms with E-state index in [9.17, 15) is 4.79 Å². The highest BCUT2D eigenvalue weighted by Crippen LogP contribution is 2.28. The average molecular weight is 387 g/mol. The third kappa shape index (κ3) is 3.62. The quantitative estimate of drug-likeness (QED) is 0.441. The molecule has 0 aliphatic heterocycles. The van der Waals surface area contributed by atoms with Crippen LogP contribution >= 0.6 is 11.6 Å². The molecule has 0 unspecified atom stereocenters. The van der Waals surface area contributed by atoms with E-state index < -0.39 is 0 Å². The summed E-state index contributed by atoms with van der Waals surface area (Å²) < 4.78 is 0. The lowest BCUT2D eigenvalue weighted by atomic mass is 10.0. The minimum Gasteiger partial charge on any atom is -0.322 e. The molecule has 0 bridgehead atoms. The molecule has 138 valence electrons. The number of carbonyl (C=O) groups is 1. The van der Waals surface area contributed by atoms with E-state index >= 15 is 0 Å². The summed E-state index contributed by atoms with van der Waals surface area (Å²) in [5.41, 5.74) is 5.97. The van der Waals surface area contributed by atoms with E-state index in [1.807, 2.05) is 86.6 Å². The predicted octanol–water partition coefficient (Wildman–Crippen LogP) is 6.42. The third-order valence-corrected chi connectivity index (χ3v) is 4.95. The number of rotatable bonds is 3. The zero-order valence-electron chi connectivity index (χ0n) is 15.7. The largest absolute Gasteiger partial charge is 0.322 e. The number of nitrogens with zero attached hydrogens (tertiary/aromatic N) is 1. The van der Waals surface area contributed by atoms with E-state index in [1.54, 1.807) is 0 Å². The van der Waals surface area contributed by atoms with Crippen LogP contribution in [0, 0.1) is 13.8 Å². The lowest BCUT2D eigenvalue weighted by Crippen LogP contribution is -2.13. The maximum absolute atomic E-state index is 13.1. The van der Waals surface area contributed by atoms with Gasteiger partial charge in [-0.1, -0.05) is 54.1 Å². The van der Waals surface area contributed by atoms with Gasteiger partial charge < -0.3 is 5.32 Å². The predicted molar refractivity (Wildman–Crippen MR) is 116 cm³/mol. The molecule has 1 aromatic heterocycles. The molecule has 0 atom stereocenters. The molecule has 3 nitrogen and oxygen atoms in total. The smallest absolute Gasteiger partial charge is 0.256 e. The van der Waals surface area contributed by atoms with Crippen molar-refractivity contribution >= 4 is 34.1 Å². The molecule has 1 amide bonds. The molecule has 4 aromatic rings. The van der Waals surface area contributed by atoms with Gasteiger partial charge in [-0.3, -0.25) is 4.79 Å². The fraction of sp³-hybridized carbons (Fsp3) is 0.0833. The number of pyridine rings is 1. The van der Waals surface area contributed by atoms with Crippen LogP contribution in [0.25, 0.3) is 22.2 Å². The maximum Gasteiger partial charge on any atom is 0.256 e. The molecule has 0 fully saturated rings. The van der Waals surface area contributed by atoms with Gasteiger partial charge in [-0.2, -0.15) is 0 Å². The summed E-state index contributed by atoms with van der Waals surface area (Å²) in [6.45, 7) is 4.00. The summed E-state index contributed by atoms with van der Waals surface area (Å²) in [5.74, 6) is -0.154. The van der Waals surface area contributed by atoms with E-state index in [1.165, 1.54) is 0 Å². The summed E-state index contributed by atoms with van der Waals surface area (Å²) in [4.78, 5) is 17.9. The van der Waals surface area contributed by atoms with Crippen LogP contribution in [0.15, 0.2) is 72.8 Å². The number of nitrogens with one attached hydrogen (secondary N) is 1. The minimum atomic E-state index is -0.154. The SMILES string of the molecule is Cc1cccc(NC(=O)c2cc(-c3ccc(Cl)cc3)nc3c(C)cccc23)c1. The van der Waals surface area contributed by atoms with Gasteiger partial charge in [0.25, 0.3) is 5.91 Å². The van der Waals surface area contributed by atoms with Crippen molar-refractivity contribution in [2.24, 2.45) is 0 Å². The van der Waals surface area contributed by atoms with Gasteiger partial charge in [0.15, 0.2) is 0 Å². The van der Waals surface area contributed by atoms with Crippen LogP contribution in [0.2, 0.25) is 5.02 Å². The number of carbonyl (C=O) groups excluding carboxylic acids is 1. The van der Waals surface area contributed by atoms with Gasteiger partial charge in [-0.05, 0) is 55.3 Å². The summed E-state index contributed by atoms with van der Waals surface area (Å²) >= 11 is 6.02. The molecule has 4 rings (SSSR count). The Labute approximate surface area is 169 Å². The van der Waals surface area contributed by atoms with Crippen molar-refractivity contribution in [1.29, 1.82) is 0 Å². The van der Waals surface area contributed by atoms with Crippen LogP contribution < -0.4 is 5.32 Å². The van der Waals surface area contributed by atoms with Crippen molar-refractivity contribution in [3.05, 3.63) is 94.5 Å². The Kier molecular flexibility index (Phi) is 4.84. The maximum atomic E-state index is 13.1. The van der Waals surface area contributed by atoms with Crippen molar-refractivity contribution in [2.75, 3.05) is 5.32 Å². The van der Waals surface area contributed by atoms with Gasteiger partial charge in [0.05, 0.1) is 16.8 Å². The molecule has 0 spiro atoms. The molecule has 4 heteroatoms. The second kappa shape index (κ2) is 7.45. The lowest BCUT2D eigenvalue weighted by molar-refractivity contribution is 0.102. The highest BCUT2D eigenvalue weighted by Gasteiger charge is 2.15. The number of hydrogen-bond donors (Lipinski definition) is 1. The van der Waals surface area contributed by atoms with E-state index in [4.69, 9.17) is 16.6 Å². The molecule has 0 saturated heterocycles. The molecule has 0 radical (unpaired) electrons. The van der Waals surface area contributed by atoms with Gasteiger partial charge >= 0.3 is 0 Å². The molecule has 3 aromatic carbocycles. The van der Waals surface area contributed by atoms with Crippen molar-refractivity contribution in [3.8, 4) is 11.3 Å². The van der Waals surface area contributed by atoms with Crippen LogP contribution in [0.4, 0.5) is 5.69 Å². The molecular formula is C24H19ClN2O. The molecule has 1 N–H and O–H groups in total. The Bertz CT molecular complexity index is 1180. The Hall–Kier alpha value is -3.17. The normalized spacial score (nSPS) is 10.8. The van der Waals surface area contributed by atoms with Crippen LogP contribution in [0.3, 0.4) is 0 Å². The Morgan fingerprint density at radius 3 is 2.43 bits per heavy atom. The number of aryl methyl sites for hydroxylation is 2. The Morgan fingerprint density at radius 1 is 0.929 bits per heavy atom. The van der Waals surface area contributed by atoms with E-state index in [0.29, 0.717) is 10.6 Å². The topological polar surface area (TPSA) is 42.0 Å². The standard InChI is InChI=1S/C24H19ClN2O/c1-15-5-3-7-19(13-15)26-24(28)21-14-22(17-9-11-18(25)12-10-17)27-23-16(2)6-4-8-20(21)23/h3-14H,1-2H3,(H,26,28). The average Bonchev–Trinajstić information content (AvgIpc) is 2.68. The molecular weight excluding hydrogens is 368 g/mol. The molecule has 0 aliphatic carbocycles. The number of para-hydroxylation sites is 1. The summed E-state index contributed by atoms with van der Waals surface area (Å²) in [7, 11) is 0. The molecule has 28 heavy (non-hydrogen) atoms. The first-order chi connectivity index (χ1) is 13.5. The first-order valence-corrected chi connectivity index (χ1v) is 9.43. The third-order valence-electron chi connectivity index (χ3n) is 4.70. The van der Waals surface area contributed by atoms with Crippen LogP contribution in [0.1, 0.15) is 21.5 Å². The summed E-state index contributed by atoms with van der Waals surface area (Å²) in [6, 6.07) is 23.0. The minimum absolute atomic E-state index is 0.154. The number of benzene rings is 3. The fourth-order valence-electron chi connectivity index (χ4n) is 3.27. The number of fused-ring (bicyclic) bond motifs is 1. The van der Waals surface area contributed by atoms with Crippen molar-refractivity contribution in [3.63, 3.8) is 0 Å². The lowest BCUT2D eigenvalue weighted by Gasteiger charge is -2.12. The second-order valence-electron chi connectivity index (χ2n) is 6.86. The van der Waals surface area contributed by atoms with Gasteiger partial charge in [0.2, 0.25) is 0 Å². The summed E-state index contributed by atoms with van der Waals surface area (Å²) in [5, 5.41) is 4.51. The first kappa shape index (κ1) is 18.2. The van der Waals surface area contributed by atoms with E-state index in [-0.39, 0.29) is 5.91 Å². The Balaban J connectivity index is 1.85. The van der Waals surface area contributed by atoms with E-state index in [2.05, 4.69) is 5.32 Å². The summed E-state index contributed by atoms with van der Waals surface area (Å²) in [6.07, 6.45) is 0. The van der Waals surface area contributed by atoms with Gasteiger partial charge in [-0.25, -0.2) is 4.98 Å². The zero-order valence-corrected chi connectivity index (χ0v) is 16.4. The van der Waals surface area contributed by atoms with E-state index in [0.717, 1.165) is 39.0 Å². The van der Waals surface area contributed by atoms with Crippen LogP contribution in [-0.4, -0.2) is 10.9 Å². The Morgan fingerprint density at radius 2 is 1.68 bits per heavy atom. The van der Waals surface area contributed by atoms with Gasteiger partial charge in [-0.15, -0.1) is 0 Å². The highest BCUT2D eigenvalue weighted by atomic mass is 35.5. The second-order valence-corrected chi connectivity index (χ2v) is 7.29. The van der Waals surface area contributed by atoms with Crippen molar-refractivity contribution in [2.45, 2.75) is 13.8 Å². The number of aromatic nitrogens is 1. The first-order valence-electron chi connectivity index (χ1n) is 9.05. The van der Waals surface area contributed by atoms with Gasteiger partial charge in [0.1, 0.15) is 0 Å². The van der Waals surface area contributed by atoms with Crippen LogP contribution in [0.5, 0.6) is 0 Å². The molecule has 0 aliphatic rings. The van der Waals surface area contributed by atoms with Gasteiger partial charge in [0, 0.05) is 21.7 Å². The fourth-order valence-corrected chi connectivity index (χ4v) is 3.40. The number of amides is 1. The molecule has 0 saturated carbocycles. The van der Waals surface area contributed by atoms with Crippen molar-refractivity contribution < 1.29 is 4.79 Å². The van der Waals surface area contributed by atoms with Crippen molar-refractivity contribution in [1.82, 2.24) is 4.98 Å². The number of hydrogen-bond acceptors (Lipinski definition) is 2. The molecule has 1 heterocycles. The monoisotopic (exact) mass is 386 g/mol. The zero-order chi connectivity index (χ0) is 19.7. The number of halogens is 1.